The number of benzene rings is 3. The molecule has 0 saturated heterocycles. The van der Waals surface area contributed by atoms with Crippen molar-refractivity contribution in [2.45, 2.75) is 26.2 Å². The number of phenolic OH excluding ortho intramolecular Hbond substituents is 1. The fourth-order valence-electron chi connectivity index (χ4n) is 5.19. The van der Waals surface area contributed by atoms with Gasteiger partial charge in [0.2, 0.25) is 5.88 Å². The van der Waals surface area contributed by atoms with Gasteiger partial charge in [0, 0.05) is 28.6 Å². The minimum atomic E-state index is -0.0701. The highest BCUT2D eigenvalue weighted by Crippen LogP contribution is 2.38. The number of aromatic hydroxyl groups is 1. The summed E-state index contributed by atoms with van der Waals surface area (Å²) in [5.41, 5.74) is 5.76. The van der Waals surface area contributed by atoms with Gasteiger partial charge in [-0.3, -0.25) is 9.55 Å². The van der Waals surface area contributed by atoms with Crippen LogP contribution in [0.15, 0.2) is 95.5 Å². The molecule has 186 valence electrons. The number of para-hydroxylation sites is 3. The number of pyridine rings is 2. The summed E-state index contributed by atoms with van der Waals surface area (Å²) in [6.45, 7) is 6.50. The first-order valence-electron chi connectivity index (χ1n) is 12.6. The number of aromatic nitrogens is 3. The van der Waals surface area contributed by atoms with Crippen LogP contribution in [-0.4, -0.2) is 19.6 Å². The number of rotatable bonds is 3. The van der Waals surface area contributed by atoms with E-state index in [1.807, 2.05) is 83.6 Å². The molecule has 0 atom stereocenters. The van der Waals surface area contributed by atoms with Gasteiger partial charge >= 0.3 is 0 Å². The maximum absolute atomic E-state index is 10.6. The number of nitrogens with zero attached hydrogens (tertiary/aromatic N) is 3. The summed E-state index contributed by atoms with van der Waals surface area (Å²) in [7, 11) is 0. The molecular formula is C32H25N3O3. The topological polar surface area (TPSA) is 73.3 Å². The van der Waals surface area contributed by atoms with Gasteiger partial charge in [-0.05, 0) is 53.9 Å². The van der Waals surface area contributed by atoms with Crippen LogP contribution >= 0.6 is 0 Å². The lowest BCUT2D eigenvalue weighted by atomic mass is 9.87. The van der Waals surface area contributed by atoms with Crippen LogP contribution < -0.4 is 4.74 Å². The molecule has 0 unspecified atom stereocenters. The average molecular weight is 500 g/mol. The quantitative estimate of drug-likeness (QED) is 0.265. The molecule has 38 heavy (non-hydrogen) atoms. The first-order chi connectivity index (χ1) is 18.4. The monoisotopic (exact) mass is 499 g/mol. The smallest absolute Gasteiger partial charge is 0.221 e. The van der Waals surface area contributed by atoms with Crippen molar-refractivity contribution in [1.29, 1.82) is 0 Å². The van der Waals surface area contributed by atoms with E-state index < -0.39 is 0 Å². The van der Waals surface area contributed by atoms with Crippen LogP contribution in [0, 0.1) is 0 Å². The molecule has 0 aliphatic rings. The lowest BCUT2D eigenvalue weighted by Crippen LogP contribution is -2.11. The van der Waals surface area contributed by atoms with E-state index in [4.69, 9.17) is 14.1 Å². The van der Waals surface area contributed by atoms with Gasteiger partial charge in [0.15, 0.2) is 5.58 Å². The second kappa shape index (κ2) is 8.08. The highest BCUT2D eigenvalue weighted by atomic mass is 16.5. The van der Waals surface area contributed by atoms with Crippen molar-refractivity contribution >= 4 is 44.0 Å². The third kappa shape index (κ3) is 3.41. The largest absolute Gasteiger partial charge is 0.506 e. The highest BCUT2D eigenvalue weighted by molar-refractivity contribution is 6.08. The summed E-state index contributed by atoms with van der Waals surface area (Å²) in [6.07, 6.45) is 1.83. The lowest BCUT2D eigenvalue weighted by Gasteiger charge is -2.18. The predicted octanol–water partition coefficient (Wildman–Crippen LogP) is 8.27. The normalized spacial score (nSPS) is 12.2. The highest BCUT2D eigenvalue weighted by Gasteiger charge is 2.22. The summed E-state index contributed by atoms with van der Waals surface area (Å²) in [5.74, 6) is 1.27. The molecular weight excluding hydrogens is 474 g/mol. The molecule has 7 rings (SSSR count). The molecule has 4 heterocycles. The van der Waals surface area contributed by atoms with Crippen LogP contribution in [0.25, 0.3) is 49.7 Å². The molecule has 3 aromatic carbocycles. The second-order valence-corrected chi connectivity index (χ2v) is 10.5. The van der Waals surface area contributed by atoms with Gasteiger partial charge in [-0.1, -0.05) is 51.1 Å². The van der Waals surface area contributed by atoms with Crippen LogP contribution in [0.5, 0.6) is 17.4 Å². The summed E-state index contributed by atoms with van der Waals surface area (Å²) in [4.78, 5) is 9.51. The van der Waals surface area contributed by atoms with E-state index in [2.05, 4.69) is 31.8 Å². The number of furan rings is 1. The minimum absolute atomic E-state index is 0.0701. The molecule has 0 aliphatic carbocycles. The summed E-state index contributed by atoms with van der Waals surface area (Å²) < 4.78 is 14.5. The molecule has 6 heteroatoms. The Morgan fingerprint density at radius 2 is 1.66 bits per heavy atom. The van der Waals surface area contributed by atoms with Gasteiger partial charge in [-0.2, -0.15) is 4.98 Å². The van der Waals surface area contributed by atoms with Gasteiger partial charge < -0.3 is 14.3 Å². The molecule has 0 fully saturated rings. The van der Waals surface area contributed by atoms with Crippen LogP contribution in [0.1, 0.15) is 26.3 Å². The van der Waals surface area contributed by atoms with E-state index in [0.29, 0.717) is 23.0 Å². The van der Waals surface area contributed by atoms with Crippen molar-refractivity contribution in [3.8, 4) is 23.1 Å². The van der Waals surface area contributed by atoms with Crippen molar-refractivity contribution in [1.82, 2.24) is 14.5 Å². The van der Waals surface area contributed by atoms with Crippen molar-refractivity contribution in [2.24, 2.45) is 0 Å². The van der Waals surface area contributed by atoms with Gasteiger partial charge in [0.1, 0.15) is 28.2 Å². The molecule has 0 amide bonds. The molecule has 0 spiro atoms. The Kier molecular flexibility index (Phi) is 4.76. The Morgan fingerprint density at radius 1 is 0.842 bits per heavy atom. The van der Waals surface area contributed by atoms with Crippen LogP contribution in [0.2, 0.25) is 0 Å². The van der Waals surface area contributed by atoms with Crippen molar-refractivity contribution < 1.29 is 14.3 Å². The fraction of sp³-hybridized carbons (Fsp3) is 0.125. The van der Waals surface area contributed by atoms with Gasteiger partial charge in [0.25, 0.3) is 0 Å². The summed E-state index contributed by atoms with van der Waals surface area (Å²) in [5, 5.41) is 13.6. The van der Waals surface area contributed by atoms with Crippen molar-refractivity contribution in [3.63, 3.8) is 0 Å². The summed E-state index contributed by atoms with van der Waals surface area (Å²) >= 11 is 0. The number of hydrogen-bond acceptors (Lipinski definition) is 5. The molecule has 0 saturated carbocycles. The van der Waals surface area contributed by atoms with Gasteiger partial charge in [-0.15, -0.1) is 0 Å². The zero-order valence-electron chi connectivity index (χ0n) is 21.3. The molecule has 6 nitrogen and oxygen atoms in total. The molecule has 4 aromatic heterocycles. The predicted molar refractivity (Wildman–Crippen MR) is 151 cm³/mol. The summed E-state index contributed by atoms with van der Waals surface area (Å²) in [6, 6.07) is 27.0. The zero-order chi connectivity index (χ0) is 26.0. The number of hydrogen-bond donors (Lipinski definition) is 1. The van der Waals surface area contributed by atoms with Crippen LogP contribution in [-0.2, 0) is 5.41 Å². The Bertz CT molecular complexity index is 2010. The van der Waals surface area contributed by atoms with Gasteiger partial charge in [0.05, 0.1) is 16.6 Å². The molecule has 7 aromatic rings. The minimum Gasteiger partial charge on any atom is -0.506 e. The van der Waals surface area contributed by atoms with E-state index in [1.165, 1.54) is 0 Å². The van der Waals surface area contributed by atoms with Gasteiger partial charge in [-0.25, -0.2) is 0 Å². The zero-order valence-corrected chi connectivity index (χ0v) is 21.3. The Morgan fingerprint density at radius 3 is 2.50 bits per heavy atom. The number of fused-ring (bicyclic) bond motifs is 6. The maximum Gasteiger partial charge on any atom is 0.221 e. The average Bonchev–Trinajstić information content (AvgIpc) is 3.43. The van der Waals surface area contributed by atoms with E-state index in [1.54, 1.807) is 6.07 Å². The Hall–Kier alpha value is -4.84. The fourth-order valence-corrected chi connectivity index (χ4v) is 5.19. The number of ether oxygens (including phenoxy) is 1. The van der Waals surface area contributed by atoms with Crippen LogP contribution in [0.3, 0.4) is 0 Å². The molecule has 1 N–H and O–H groups in total. The first-order valence-corrected chi connectivity index (χ1v) is 12.6. The third-order valence-electron chi connectivity index (χ3n) is 6.97. The molecule has 0 aliphatic heterocycles. The van der Waals surface area contributed by atoms with E-state index >= 15 is 0 Å². The van der Waals surface area contributed by atoms with Crippen molar-refractivity contribution in [3.05, 3.63) is 96.7 Å². The van der Waals surface area contributed by atoms with Crippen molar-refractivity contribution in [2.75, 3.05) is 0 Å². The lowest BCUT2D eigenvalue weighted by molar-refractivity contribution is 0.464. The standard InChI is InChI=1S/C32H25N3O3/c1-32(2,3)23-16-17-33-29-22-18-19(12-14-27(22)38-30(23)29)37-28-15-13-21-20-8-4-5-9-24(20)35(31(21)34-28)25-10-6-7-11-26(25)36/h4-18,36H,1-3H3. The number of phenols is 1. The Labute approximate surface area is 218 Å². The first kappa shape index (κ1) is 22.4. The molecule has 0 bridgehead atoms. The third-order valence-corrected chi connectivity index (χ3v) is 6.97. The SMILES string of the molecule is CC(C)(C)c1ccnc2c1oc1ccc(Oc3ccc4c5ccccc5n(-c5ccccc5O)c4n3)cc12. The molecule has 0 radical (unpaired) electrons. The second-order valence-electron chi connectivity index (χ2n) is 10.5. The van der Waals surface area contributed by atoms with E-state index in [-0.39, 0.29) is 11.2 Å². The van der Waals surface area contributed by atoms with E-state index in [9.17, 15) is 5.11 Å². The van der Waals surface area contributed by atoms with Crippen LogP contribution in [0.4, 0.5) is 0 Å². The maximum atomic E-state index is 10.6. The van der Waals surface area contributed by atoms with E-state index in [0.717, 1.165) is 43.9 Å². The Balaban J connectivity index is 1.36.